The van der Waals surface area contributed by atoms with Gasteiger partial charge in [-0.2, -0.15) is 0 Å². The summed E-state index contributed by atoms with van der Waals surface area (Å²) in [7, 11) is 1.72. The highest BCUT2D eigenvalue weighted by Gasteiger charge is 2.28. The Morgan fingerprint density at radius 1 is 1.43 bits per heavy atom. The maximum Gasteiger partial charge on any atom is 0.233 e. The molecule has 21 heavy (non-hydrogen) atoms. The zero-order valence-corrected chi connectivity index (χ0v) is 13.3. The lowest BCUT2D eigenvalue weighted by Crippen LogP contribution is -2.41. The molecule has 0 saturated heterocycles. The molecular weight excluding hydrogens is 290 g/mol. The van der Waals surface area contributed by atoms with Crippen LogP contribution in [0, 0.1) is 5.92 Å². The third-order valence-corrected chi connectivity index (χ3v) is 3.88. The van der Waals surface area contributed by atoms with Crippen LogP contribution >= 0.6 is 11.6 Å². The van der Waals surface area contributed by atoms with Crippen LogP contribution in [0.5, 0.6) is 0 Å². The maximum absolute atomic E-state index is 12.5. The maximum atomic E-state index is 12.5. The SMILES string of the molecule is CCCC(C(=O)N(C)C(C)c1ccc(Cl)cc1)C(N)=NO. The van der Waals surface area contributed by atoms with Crippen molar-refractivity contribution in [3.05, 3.63) is 34.9 Å². The van der Waals surface area contributed by atoms with Gasteiger partial charge in [0, 0.05) is 12.1 Å². The summed E-state index contributed by atoms with van der Waals surface area (Å²) in [6.07, 6.45) is 1.32. The van der Waals surface area contributed by atoms with E-state index in [0.717, 1.165) is 12.0 Å². The fourth-order valence-electron chi connectivity index (χ4n) is 2.16. The predicted octanol–water partition coefficient (Wildman–Crippen LogP) is 3.02. The normalized spacial score (nSPS) is 14.6. The first-order valence-corrected chi connectivity index (χ1v) is 7.29. The van der Waals surface area contributed by atoms with Crippen molar-refractivity contribution in [2.75, 3.05) is 7.05 Å². The van der Waals surface area contributed by atoms with E-state index in [-0.39, 0.29) is 17.8 Å². The molecule has 2 atom stereocenters. The van der Waals surface area contributed by atoms with Crippen LogP contribution in [-0.2, 0) is 4.79 Å². The van der Waals surface area contributed by atoms with Crippen LogP contribution in [-0.4, -0.2) is 28.9 Å². The number of nitrogens with zero attached hydrogens (tertiary/aromatic N) is 2. The molecule has 1 amide bonds. The minimum absolute atomic E-state index is 0.0444. The topological polar surface area (TPSA) is 78.9 Å². The Hall–Kier alpha value is -1.75. The van der Waals surface area contributed by atoms with Gasteiger partial charge in [-0.05, 0) is 31.0 Å². The Balaban J connectivity index is 2.91. The third-order valence-electron chi connectivity index (χ3n) is 3.63. The van der Waals surface area contributed by atoms with Gasteiger partial charge in [0.25, 0.3) is 0 Å². The minimum atomic E-state index is -0.597. The number of carbonyl (C=O) groups is 1. The second-order valence-corrected chi connectivity index (χ2v) is 5.48. The molecule has 5 nitrogen and oxygen atoms in total. The Bertz CT molecular complexity index is 502. The van der Waals surface area contributed by atoms with E-state index in [1.54, 1.807) is 24.1 Å². The summed E-state index contributed by atoms with van der Waals surface area (Å²) in [4.78, 5) is 14.2. The number of nitrogens with two attached hydrogens (primary N) is 1. The first kappa shape index (κ1) is 17.3. The quantitative estimate of drug-likeness (QED) is 0.367. The molecule has 0 bridgehead atoms. The second kappa shape index (κ2) is 7.88. The molecule has 0 aliphatic heterocycles. The van der Waals surface area contributed by atoms with E-state index in [0.29, 0.717) is 11.4 Å². The Morgan fingerprint density at radius 2 is 2.00 bits per heavy atom. The monoisotopic (exact) mass is 311 g/mol. The molecule has 1 aromatic rings. The molecule has 2 unspecified atom stereocenters. The van der Waals surface area contributed by atoms with Gasteiger partial charge >= 0.3 is 0 Å². The van der Waals surface area contributed by atoms with Gasteiger partial charge in [-0.25, -0.2) is 0 Å². The van der Waals surface area contributed by atoms with Crippen molar-refractivity contribution in [1.29, 1.82) is 0 Å². The van der Waals surface area contributed by atoms with Gasteiger partial charge < -0.3 is 15.8 Å². The smallest absolute Gasteiger partial charge is 0.233 e. The molecule has 0 aliphatic rings. The van der Waals surface area contributed by atoms with Crippen molar-refractivity contribution in [2.45, 2.75) is 32.7 Å². The van der Waals surface area contributed by atoms with Gasteiger partial charge in [-0.1, -0.05) is 42.2 Å². The molecule has 0 fully saturated rings. The van der Waals surface area contributed by atoms with Gasteiger partial charge in [0.05, 0.1) is 12.0 Å². The van der Waals surface area contributed by atoms with Crippen molar-refractivity contribution in [1.82, 2.24) is 4.90 Å². The lowest BCUT2D eigenvalue weighted by molar-refractivity contribution is -0.134. The van der Waals surface area contributed by atoms with Crippen LogP contribution in [0.4, 0.5) is 0 Å². The molecule has 116 valence electrons. The first-order valence-electron chi connectivity index (χ1n) is 6.91. The largest absolute Gasteiger partial charge is 0.409 e. The molecule has 1 aromatic carbocycles. The zero-order chi connectivity index (χ0) is 16.0. The number of benzene rings is 1. The summed E-state index contributed by atoms with van der Waals surface area (Å²) in [5, 5.41) is 12.5. The number of amides is 1. The van der Waals surface area contributed by atoms with Gasteiger partial charge in [-0.3, -0.25) is 4.79 Å². The van der Waals surface area contributed by atoms with Crippen LogP contribution in [0.1, 0.15) is 38.3 Å². The van der Waals surface area contributed by atoms with Crippen molar-refractivity contribution in [3.8, 4) is 0 Å². The minimum Gasteiger partial charge on any atom is -0.409 e. The lowest BCUT2D eigenvalue weighted by atomic mass is 9.99. The summed E-state index contributed by atoms with van der Waals surface area (Å²) in [6, 6.07) is 7.22. The highest BCUT2D eigenvalue weighted by molar-refractivity contribution is 6.30. The van der Waals surface area contributed by atoms with Crippen LogP contribution < -0.4 is 5.73 Å². The molecule has 3 N–H and O–H groups in total. The number of rotatable bonds is 6. The molecule has 0 spiro atoms. The van der Waals surface area contributed by atoms with Crippen molar-refractivity contribution < 1.29 is 10.0 Å². The summed E-state index contributed by atoms with van der Waals surface area (Å²) in [5.74, 6) is -0.800. The van der Waals surface area contributed by atoms with Crippen LogP contribution in [0.3, 0.4) is 0 Å². The van der Waals surface area contributed by atoms with Crippen LogP contribution in [0.2, 0.25) is 5.02 Å². The fraction of sp³-hybridized carbons (Fsp3) is 0.467. The molecule has 0 saturated carbocycles. The fourth-order valence-corrected chi connectivity index (χ4v) is 2.28. The van der Waals surface area contributed by atoms with Crippen molar-refractivity contribution in [2.24, 2.45) is 16.8 Å². The highest BCUT2D eigenvalue weighted by atomic mass is 35.5. The van der Waals surface area contributed by atoms with Gasteiger partial charge in [0.1, 0.15) is 0 Å². The molecule has 0 aliphatic carbocycles. The number of hydrogen-bond donors (Lipinski definition) is 2. The van der Waals surface area contributed by atoms with E-state index < -0.39 is 5.92 Å². The summed E-state index contributed by atoms with van der Waals surface area (Å²) < 4.78 is 0. The Labute approximate surface area is 130 Å². The lowest BCUT2D eigenvalue weighted by Gasteiger charge is -2.29. The number of hydrogen-bond acceptors (Lipinski definition) is 3. The van der Waals surface area contributed by atoms with Gasteiger partial charge in [0.15, 0.2) is 5.84 Å². The summed E-state index contributed by atoms with van der Waals surface area (Å²) in [5.41, 5.74) is 6.61. The van der Waals surface area contributed by atoms with E-state index in [1.807, 2.05) is 26.0 Å². The number of halogens is 1. The van der Waals surface area contributed by atoms with E-state index in [9.17, 15) is 4.79 Å². The summed E-state index contributed by atoms with van der Waals surface area (Å²) in [6.45, 7) is 3.88. The summed E-state index contributed by atoms with van der Waals surface area (Å²) >= 11 is 5.87. The highest BCUT2D eigenvalue weighted by Crippen LogP contribution is 2.23. The van der Waals surface area contributed by atoms with E-state index in [2.05, 4.69) is 5.16 Å². The van der Waals surface area contributed by atoms with E-state index in [1.165, 1.54) is 0 Å². The predicted molar refractivity (Wildman–Crippen MR) is 84.4 cm³/mol. The molecule has 6 heteroatoms. The average molecular weight is 312 g/mol. The number of carbonyl (C=O) groups excluding carboxylic acids is 1. The molecule has 0 radical (unpaired) electrons. The van der Waals surface area contributed by atoms with E-state index in [4.69, 9.17) is 22.5 Å². The number of oxime groups is 1. The van der Waals surface area contributed by atoms with E-state index >= 15 is 0 Å². The molecule has 0 heterocycles. The Morgan fingerprint density at radius 3 is 2.48 bits per heavy atom. The van der Waals surface area contributed by atoms with Gasteiger partial charge in [-0.15, -0.1) is 0 Å². The third kappa shape index (κ3) is 4.36. The Kier molecular flexibility index (Phi) is 6.49. The van der Waals surface area contributed by atoms with Crippen molar-refractivity contribution >= 4 is 23.3 Å². The van der Waals surface area contributed by atoms with Crippen LogP contribution in [0.25, 0.3) is 0 Å². The zero-order valence-electron chi connectivity index (χ0n) is 12.6. The molecular formula is C15H22ClN3O2. The standard InChI is InChI=1S/C15H22ClN3O2/c1-4-5-13(14(17)18-21)15(20)19(3)10(2)11-6-8-12(16)9-7-11/h6-10,13,21H,4-5H2,1-3H3,(H2,17,18). The average Bonchev–Trinajstić information content (AvgIpc) is 2.50. The molecule has 0 aromatic heterocycles. The van der Waals surface area contributed by atoms with Gasteiger partial charge in [0.2, 0.25) is 5.91 Å². The number of amidine groups is 1. The second-order valence-electron chi connectivity index (χ2n) is 5.04. The van der Waals surface area contributed by atoms with Crippen molar-refractivity contribution in [3.63, 3.8) is 0 Å². The first-order chi connectivity index (χ1) is 9.92. The van der Waals surface area contributed by atoms with Crippen LogP contribution in [0.15, 0.2) is 29.4 Å². The molecule has 1 rings (SSSR count).